The van der Waals surface area contributed by atoms with Gasteiger partial charge in [-0.1, -0.05) is 30.8 Å². The van der Waals surface area contributed by atoms with Gasteiger partial charge in [0.2, 0.25) is 0 Å². The van der Waals surface area contributed by atoms with Crippen molar-refractivity contribution in [1.82, 2.24) is 25.4 Å². The number of H-pyrrole nitrogens is 1. The molecule has 2 heterocycles. The lowest BCUT2D eigenvalue weighted by Gasteiger charge is -2.28. The maximum absolute atomic E-state index is 12.8. The van der Waals surface area contributed by atoms with Gasteiger partial charge in [0.1, 0.15) is 6.33 Å². The van der Waals surface area contributed by atoms with Crippen molar-refractivity contribution in [2.24, 2.45) is 0 Å². The van der Waals surface area contributed by atoms with Crippen LogP contribution in [-0.2, 0) is 5.75 Å². The van der Waals surface area contributed by atoms with E-state index in [9.17, 15) is 4.79 Å². The summed E-state index contributed by atoms with van der Waals surface area (Å²) in [4.78, 5) is 19.0. The predicted molar refractivity (Wildman–Crippen MR) is 109 cm³/mol. The molecule has 0 bridgehead atoms. The fourth-order valence-corrected chi connectivity index (χ4v) is 3.66. The van der Waals surface area contributed by atoms with E-state index < -0.39 is 0 Å². The number of nitrogens with zero attached hydrogens (tertiary/aromatic N) is 3. The van der Waals surface area contributed by atoms with Crippen molar-refractivity contribution in [2.45, 2.75) is 36.7 Å². The molecule has 1 aromatic heterocycles. The Bertz CT molecular complexity index is 648. The minimum Gasteiger partial charge on any atom is -0.334 e. The molecular weight excluding hydrogens is 393 g/mol. The van der Waals surface area contributed by atoms with Crippen molar-refractivity contribution >= 4 is 42.5 Å². The molecule has 1 amide bonds. The summed E-state index contributed by atoms with van der Waals surface area (Å²) in [5, 5.41) is 10.8. The molecule has 2 aromatic rings. The Labute approximate surface area is 170 Å². The third kappa shape index (κ3) is 5.87. The van der Waals surface area contributed by atoms with E-state index in [0.29, 0.717) is 6.04 Å². The summed E-state index contributed by atoms with van der Waals surface area (Å²) in [5.74, 6) is 0.939. The summed E-state index contributed by atoms with van der Waals surface area (Å²) in [6.07, 6.45) is 3.52. The molecule has 3 rings (SSSR count). The van der Waals surface area contributed by atoms with Crippen LogP contribution in [0.2, 0.25) is 0 Å². The third-order valence-corrected chi connectivity index (χ3v) is 5.12. The largest absolute Gasteiger partial charge is 0.334 e. The maximum atomic E-state index is 12.8. The highest BCUT2D eigenvalue weighted by Crippen LogP contribution is 2.20. The second-order valence-corrected chi connectivity index (χ2v) is 6.89. The number of carbonyl (C=O) groups excluding carboxylic acids is 1. The first kappa shape index (κ1) is 22.8. The first-order valence-corrected chi connectivity index (χ1v) is 9.35. The van der Waals surface area contributed by atoms with Gasteiger partial charge in [-0.05, 0) is 37.1 Å². The molecule has 1 atom stereocenters. The van der Waals surface area contributed by atoms with Crippen molar-refractivity contribution < 1.29 is 4.79 Å². The van der Waals surface area contributed by atoms with Crippen LogP contribution in [0, 0.1) is 0 Å². The zero-order valence-electron chi connectivity index (χ0n) is 14.7. The number of nitrogens with one attached hydrogen (secondary N) is 2. The van der Waals surface area contributed by atoms with Gasteiger partial charge < -0.3 is 10.2 Å². The third-order valence-electron chi connectivity index (χ3n) is 4.17. The quantitative estimate of drug-likeness (QED) is 0.676. The molecular formula is C17H25Cl2N5OS. The lowest BCUT2D eigenvalue weighted by atomic mass is 10.1. The molecule has 1 saturated heterocycles. The van der Waals surface area contributed by atoms with Crippen LogP contribution in [0.25, 0.3) is 0 Å². The van der Waals surface area contributed by atoms with Gasteiger partial charge in [-0.25, -0.2) is 4.98 Å². The summed E-state index contributed by atoms with van der Waals surface area (Å²) >= 11 is 1.60. The van der Waals surface area contributed by atoms with E-state index in [1.165, 1.54) is 6.33 Å². The van der Waals surface area contributed by atoms with Gasteiger partial charge in [0, 0.05) is 30.4 Å². The van der Waals surface area contributed by atoms with Gasteiger partial charge in [0.05, 0.1) is 0 Å². The van der Waals surface area contributed by atoms with Gasteiger partial charge in [-0.3, -0.25) is 9.89 Å². The Kier molecular flexibility index (Phi) is 10.0. The first-order chi connectivity index (χ1) is 11.8. The lowest BCUT2D eigenvalue weighted by Crippen LogP contribution is -2.42. The number of thioether (sulfide) groups is 1. The van der Waals surface area contributed by atoms with E-state index in [1.54, 1.807) is 11.8 Å². The van der Waals surface area contributed by atoms with Gasteiger partial charge in [-0.15, -0.1) is 24.8 Å². The molecule has 26 heavy (non-hydrogen) atoms. The Balaban J connectivity index is 0.00000169. The number of benzene rings is 1. The van der Waals surface area contributed by atoms with Crippen LogP contribution in [0.3, 0.4) is 0 Å². The first-order valence-electron chi connectivity index (χ1n) is 8.36. The van der Waals surface area contributed by atoms with E-state index >= 15 is 0 Å². The van der Waals surface area contributed by atoms with Crippen molar-refractivity contribution in [2.75, 3.05) is 19.6 Å². The summed E-state index contributed by atoms with van der Waals surface area (Å²) in [7, 11) is 0. The zero-order chi connectivity index (χ0) is 16.8. The highest BCUT2D eigenvalue weighted by Gasteiger charge is 2.26. The molecule has 0 radical (unpaired) electrons. The summed E-state index contributed by atoms with van der Waals surface area (Å²) < 4.78 is 0. The lowest BCUT2D eigenvalue weighted by molar-refractivity contribution is 0.0692. The Morgan fingerprint density at radius 2 is 2.08 bits per heavy atom. The SMILES string of the molecule is CCCN(C(=O)c1ccc(CSc2ncn[nH]2)cc1)C1CCNC1.Cl.Cl. The molecule has 6 nitrogen and oxygen atoms in total. The van der Waals surface area contributed by atoms with Crippen molar-refractivity contribution in [1.29, 1.82) is 0 Å². The van der Waals surface area contributed by atoms with Gasteiger partial charge in [0.15, 0.2) is 5.16 Å². The summed E-state index contributed by atoms with van der Waals surface area (Å²) in [6.45, 7) is 4.83. The Hall–Kier alpha value is -1.28. The van der Waals surface area contributed by atoms with Gasteiger partial charge in [-0.2, -0.15) is 5.10 Å². The fraction of sp³-hybridized carbons (Fsp3) is 0.471. The maximum Gasteiger partial charge on any atom is 0.254 e. The Morgan fingerprint density at radius 3 is 2.65 bits per heavy atom. The monoisotopic (exact) mass is 417 g/mol. The van der Waals surface area contributed by atoms with E-state index in [2.05, 4.69) is 27.4 Å². The van der Waals surface area contributed by atoms with E-state index in [0.717, 1.165) is 54.5 Å². The standard InChI is InChI=1S/C17H23N5OS.2ClH/c1-2-9-22(15-7-8-18-10-15)16(23)14-5-3-13(4-6-14)11-24-17-19-12-20-21-17;;/h3-6,12,15,18H,2,7-11H2,1H3,(H,19,20,21);2*1H. The van der Waals surface area contributed by atoms with Crippen molar-refractivity contribution in [3.05, 3.63) is 41.7 Å². The second-order valence-electron chi connectivity index (χ2n) is 5.92. The van der Waals surface area contributed by atoms with Crippen LogP contribution in [0.5, 0.6) is 0 Å². The molecule has 144 valence electrons. The van der Waals surface area contributed by atoms with Crippen LogP contribution in [0.4, 0.5) is 0 Å². The van der Waals surface area contributed by atoms with E-state index in [-0.39, 0.29) is 30.7 Å². The molecule has 1 aliphatic rings. The van der Waals surface area contributed by atoms with Crippen molar-refractivity contribution in [3.63, 3.8) is 0 Å². The average Bonchev–Trinajstić information content (AvgIpc) is 3.31. The number of carbonyl (C=O) groups is 1. The number of rotatable bonds is 7. The second kappa shape index (κ2) is 11.4. The van der Waals surface area contributed by atoms with Crippen LogP contribution in [-0.4, -0.2) is 51.7 Å². The molecule has 1 aromatic carbocycles. The molecule has 1 fully saturated rings. The van der Waals surface area contributed by atoms with Crippen LogP contribution in [0.15, 0.2) is 35.7 Å². The predicted octanol–water partition coefficient (Wildman–Crippen LogP) is 3.15. The minimum atomic E-state index is 0. The average molecular weight is 418 g/mol. The summed E-state index contributed by atoms with van der Waals surface area (Å²) in [6, 6.07) is 8.23. The number of hydrogen-bond donors (Lipinski definition) is 2. The van der Waals surface area contributed by atoms with E-state index in [1.807, 2.05) is 29.2 Å². The molecule has 9 heteroatoms. The number of aromatic nitrogens is 3. The minimum absolute atomic E-state index is 0. The fourth-order valence-electron chi connectivity index (χ4n) is 2.92. The smallest absolute Gasteiger partial charge is 0.254 e. The summed E-state index contributed by atoms with van der Waals surface area (Å²) in [5.41, 5.74) is 1.93. The van der Waals surface area contributed by atoms with Crippen LogP contribution < -0.4 is 5.32 Å². The Morgan fingerprint density at radius 1 is 1.31 bits per heavy atom. The zero-order valence-corrected chi connectivity index (χ0v) is 17.1. The highest BCUT2D eigenvalue weighted by molar-refractivity contribution is 7.98. The van der Waals surface area contributed by atoms with E-state index in [4.69, 9.17) is 0 Å². The van der Waals surface area contributed by atoms with Crippen molar-refractivity contribution in [3.8, 4) is 0 Å². The number of aromatic amines is 1. The molecule has 1 unspecified atom stereocenters. The normalized spacial score (nSPS) is 15.8. The topological polar surface area (TPSA) is 73.9 Å². The molecule has 2 N–H and O–H groups in total. The number of hydrogen-bond acceptors (Lipinski definition) is 5. The molecule has 0 spiro atoms. The van der Waals surface area contributed by atoms with Crippen LogP contribution in [0.1, 0.15) is 35.7 Å². The molecule has 1 aliphatic heterocycles. The van der Waals surface area contributed by atoms with Gasteiger partial charge >= 0.3 is 0 Å². The molecule has 0 aliphatic carbocycles. The van der Waals surface area contributed by atoms with Gasteiger partial charge in [0.25, 0.3) is 5.91 Å². The highest BCUT2D eigenvalue weighted by atomic mass is 35.5. The number of amides is 1. The van der Waals surface area contributed by atoms with Crippen LogP contribution >= 0.6 is 36.6 Å². The molecule has 0 saturated carbocycles. The number of halogens is 2.